The Kier molecular flexibility index (Phi) is 9.50. The van der Waals surface area contributed by atoms with Crippen molar-refractivity contribution in [3.8, 4) is 0 Å². The van der Waals surface area contributed by atoms with Crippen molar-refractivity contribution in [2.45, 2.75) is 33.4 Å². The van der Waals surface area contributed by atoms with Crippen LogP contribution in [-0.2, 0) is 17.9 Å². The molecule has 3 rings (SSSR count). The van der Waals surface area contributed by atoms with Crippen LogP contribution >= 0.6 is 35.3 Å². The van der Waals surface area contributed by atoms with E-state index >= 15 is 0 Å². The number of rotatable bonds is 7. The van der Waals surface area contributed by atoms with Gasteiger partial charge in [-0.05, 0) is 25.8 Å². The molecular formula is C20H29IN4OS. The summed E-state index contributed by atoms with van der Waals surface area (Å²) in [5.41, 5.74) is 1.23. The van der Waals surface area contributed by atoms with Crippen molar-refractivity contribution in [1.82, 2.24) is 15.2 Å². The number of hydrogen-bond donors (Lipinski definition) is 1. The van der Waals surface area contributed by atoms with Crippen molar-refractivity contribution >= 4 is 41.3 Å². The average molecular weight is 500 g/mol. The van der Waals surface area contributed by atoms with Gasteiger partial charge in [-0.15, -0.1) is 35.3 Å². The molecule has 0 aliphatic carbocycles. The van der Waals surface area contributed by atoms with Gasteiger partial charge in [-0.1, -0.05) is 30.3 Å². The van der Waals surface area contributed by atoms with Crippen molar-refractivity contribution < 1.29 is 4.74 Å². The number of hydrogen-bond acceptors (Lipinski definition) is 4. The molecule has 0 bridgehead atoms. The Morgan fingerprint density at radius 3 is 2.89 bits per heavy atom. The summed E-state index contributed by atoms with van der Waals surface area (Å²) < 4.78 is 5.93. The molecule has 1 fully saturated rings. The Labute approximate surface area is 183 Å². The minimum Gasteiger partial charge on any atom is -0.376 e. The molecule has 1 saturated heterocycles. The molecule has 7 heteroatoms. The lowest BCUT2D eigenvalue weighted by molar-refractivity contribution is 0.0906. The highest BCUT2D eigenvalue weighted by atomic mass is 127. The fourth-order valence-corrected chi connectivity index (χ4v) is 3.83. The van der Waals surface area contributed by atoms with Crippen molar-refractivity contribution in [1.29, 1.82) is 0 Å². The first kappa shape index (κ1) is 22.1. The molecule has 0 saturated carbocycles. The van der Waals surface area contributed by atoms with Crippen molar-refractivity contribution in [2.75, 3.05) is 26.2 Å². The molecule has 148 valence electrons. The van der Waals surface area contributed by atoms with Crippen molar-refractivity contribution in [3.05, 3.63) is 52.0 Å². The van der Waals surface area contributed by atoms with Gasteiger partial charge >= 0.3 is 0 Å². The molecule has 1 aliphatic rings. The van der Waals surface area contributed by atoms with Crippen LogP contribution in [0.15, 0.2) is 41.5 Å². The number of halogens is 1. The summed E-state index contributed by atoms with van der Waals surface area (Å²) >= 11 is 1.72. The number of guanidine groups is 1. The molecule has 2 aromatic rings. The zero-order chi connectivity index (χ0) is 18.2. The van der Waals surface area contributed by atoms with E-state index in [4.69, 9.17) is 9.73 Å². The van der Waals surface area contributed by atoms with E-state index in [1.54, 1.807) is 11.3 Å². The smallest absolute Gasteiger partial charge is 0.194 e. The van der Waals surface area contributed by atoms with Crippen molar-refractivity contribution in [2.24, 2.45) is 10.9 Å². The topological polar surface area (TPSA) is 49.8 Å². The monoisotopic (exact) mass is 500 g/mol. The summed E-state index contributed by atoms with van der Waals surface area (Å²) in [5, 5.41) is 4.49. The van der Waals surface area contributed by atoms with E-state index in [9.17, 15) is 0 Å². The van der Waals surface area contributed by atoms with Crippen LogP contribution in [-0.4, -0.2) is 42.1 Å². The third kappa shape index (κ3) is 7.04. The Morgan fingerprint density at radius 2 is 2.19 bits per heavy atom. The Hall–Kier alpha value is -1.19. The largest absolute Gasteiger partial charge is 0.376 e. The van der Waals surface area contributed by atoms with E-state index in [1.807, 2.05) is 12.3 Å². The van der Waals surface area contributed by atoms with Crippen LogP contribution in [0.1, 0.15) is 28.8 Å². The van der Waals surface area contributed by atoms with Gasteiger partial charge in [0.05, 0.1) is 19.8 Å². The molecule has 0 amide bonds. The standard InChI is InChI=1S/C20H28N4OS.HI/c1-3-21-20(23-12-19-22-11-16(2)26-19)24-10-9-18(13-24)15-25-14-17-7-5-4-6-8-17;/h4-8,11,18H,3,9-10,12-15H2,1-2H3,(H,21,23);1H. The maximum atomic E-state index is 5.93. The van der Waals surface area contributed by atoms with Gasteiger partial charge in [0.1, 0.15) is 5.01 Å². The molecule has 5 nitrogen and oxygen atoms in total. The third-order valence-corrected chi connectivity index (χ3v) is 5.32. The molecule has 1 aliphatic heterocycles. The first-order valence-electron chi connectivity index (χ1n) is 9.31. The van der Waals surface area contributed by atoms with E-state index in [1.165, 1.54) is 10.4 Å². The minimum atomic E-state index is 0. The van der Waals surface area contributed by atoms with Crippen LogP contribution in [0.4, 0.5) is 0 Å². The predicted molar refractivity (Wildman–Crippen MR) is 123 cm³/mol. The molecular weight excluding hydrogens is 471 g/mol. The first-order valence-corrected chi connectivity index (χ1v) is 10.1. The zero-order valence-electron chi connectivity index (χ0n) is 16.1. The second-order valence-corrected chi connectivity index (χ2v) is 7.96. The molecule has 0 spiro atoms. The Balaban J connectivity index is 0.00000261. The molecule has 1 atom stereocenters. The maximum Gasteiger partial charge on any atom is 0.194 e. The molecule has 0 radical (unpaired) electrons. The first-order chi connectivity index (χ1) is 12.7. The van der Waals surface area contributed by atoms with Crippen LogP contribution in [0.3, 0.4) is 0 Å². The fourth-order valence-electron chi connectivity index (χ4n) is 3.12. The number of ether oxygens (including phenoxy) is 1. The number of aromatic nitrogens is 1. The lowest BCUT2D eigenvalue weighted by Crippen LogP contribution is -2.40. The number of nitrogens with one attached hydrogen (secondary N) is 1. The molecule has 1 aromatic heterocycles. The lowest BCUT2D eigenvalue weighted by Gasteiger charge is -2.21. The van der Waals surface area contributed by atoms with Gasteiger partial charge in [-0.2, -0.15) is 0 Å². The number of likely N-dealkylation sites (tertiary alicyclic amines) is 1. The summed E-state index contributed by atoms with van der Waals surface area (Å²) in [5.74, 6) is 1.55. The highest BCUT2D eigenvalue weighted by Crippen LogP contribution is 2.18. The SMILES string of the molecule is CCNC(=NCc1ncc(C)s1)N1CCC(COCc2ccccc2)C1.I. The van der Waals surface area contributed by atoms with Crippen LogP contribution in [0.2, 0.25) is 0 Å². The number of benzene rings is 1. The molecule has 1 aromatic carbocycles. The van der Waals surface area contributed by atoms with Crippen molar-refractivity contribution in [3.63, 3.8) is 0 Å². The summed E-state index contributed by atoms with van der Waals surface area (Å²) in [4.78, 5) is 12.8. The van der Waals surface area contributed by atoms with E-state index in [0.29, 0.717) is 19.1 Å². The fraction of sp³-hybridized carbons (Fsp3) is 0.500. The van der Waals surface area contributed by atoms with Crippen LogP contribution in [0.25, 0.3) is 0 Å². The Bertz CT molecular complexity index is 707. The predicted octanol–water partition coefficient (Wildman–Crippen LogP) is 4.07. The van der Waals surface area contributed by atoms with Gasteiger partial charge in [-0.3, -0.25) is 0 Å². The number of thiazole rings is 1. The van der Waals surface area contributed by atoms with Gasteiger partial charge in [0.25, 0.3) is 0 Å². The lowest BCUT2D eigenvalue weighted by atomic mass is 10.1. The Morgan fingerprint density at radius 1 is 1.37 bits per heavy atom. The number of nitrogens with zero attached hydrogens (tertiary/aromatic N) is 3. The van der Waals surface area contributed by atoms with Gasteiger partial charge in [0.2, 0.25) is 0 Å². The number of aliphatic imine (C=N–C) groups is 1. The summed E-state index contributed by atoms with van der Waals surface area (Å²) in [6.07, 6.45) is 3.06. The molecule has 1 N–H and O–H groups in total. The summed E-state index contributed by atoms with van der Waals surface area (Å²) in [6.45, 7) is 9.23. The normalized spacial score (nSPS) is 17.0. The third-order valence-electron chi connectivity index (χ3n) is 4.42. The van der Waals surface area contributed by atoms with Crippen LogP contribution in [0.5, 0.6) is 0 Å². The van der Waals surface area contributed by atoms with Gasteiger partial charge < -0.3 is 15.0 Å². The quantitative estimate of drug-likeness (QED) is 0.354. The van der Waals surface area contributed by atoms with E-state index < -0.39 is 0 Å². The highest BCUT2D eigenvalue weighted by molar-refractivity contribution is 14.0. The summed E-state index contributed by atoms with van der Waals surface area (Å²) in [7, 11) is 0. The molecule has 2 heterocycles. The molecule has 27 heavy (non-hydrogen) atoms. The maximum absolute atomic E-state index is 5.93. The number of aryl methyl sites for hydroxylation is 1. The molecule has 1 unspecified atom stereocenters. The average Bonchev–Trinajstić information content (AvgIpc) is 3.29. The summed E-state index contributed by atoms with van der Waals surface area (Å²) in [6, 6.07) is 10.4. The second kappa shape index (κ2) is 11.6. The van der Waals surface area contributed by atoms with E-state index in [-0.39, 0.29) is 24.0 Å². The van der Waals surface area contributed by atoms with Crippen LogP contribution < -0.4 is 5.32 Å². The minimum absolute atomic E-state index is 0. The second-order valence-electron chi connectivity index (χ2n) is 6.64. The van der Waals surface area contributed by atoms with E-state index in [0.717, 1.165) is 43.6 Å². The zero-order valence-corrected chi connectivity index (χ0v) is 19.2. The van der Waals surface area contributed by atoms with E-state index in [2.05, 4.69) is 53.3 Å². The van der Waals surface area contributed by atoms with Gasteiger partial charge in [-0.25, -0.2) is 9.98 Å². The highest BCUT2D eigenvalue weighted by Gasteiger charge is 2.25. The van der Waals surface area contributed by atoms with Gasteiger partial charge in [0.15, 0.2) is 5.96 Å². The van der Waals surface area contributed by atoms with Gasteiger partial charge in [0, 0.05) is 36.6 Å². The van der Waals surface area contributed by atoms with Crippen LogP contribution in [0, 0.1) is 12.8 Å².